The predicted molar refractivity (Wildman–Crippen MR) is 92.0 cm³/mol. The van der Waals surface area contributed by atoms with Crippen molar-refractivity contribution in [2.45, 2.75) is 38.0 Å². The van der Waals surface area contributed by atoms with Crippen molar-refractivity contribution in [1.29, 1.82) is 0 Å². The van der Waals surface area contributed by atoms with Gasteiger partial charge in [-0.2, -0.15) is 0 Å². The lowest BCUT2D eigenvalue weighted by molar-refractivity contribution is 0.204. The van der Waals surface area contributed by atoms with E-state index in [1.54, 1.807) is 0 Å². The lowest BCUT2D eigenvalue weighted by Gasteiger charge is -2.31. The maximum Gasteiger partial charge on any atom is 0.164 e. The van der Waals surface area contributed by atoms with Crippen molar-refractivity contribution in [1.82, 2.24) is 10.2 Å². The monoisotopic (exact) mass is 291 g/mol. The van der Waals surface area contributed by atoms with Gasteiger partial charge in [-0.25, -0.2) is 0 Å². The Morgan fingerprint density at radius 2 is 1.85 bits per heavy atom. The Labute approximate surface area is 125 Å². The molecule has 0 radical (unpaired) electrons. The van der Waals surface area contributed by atoms with Gasteiger partial charge in [0.1, 0.15) is 7.55 Å². The van der Waals surface area contributed by atoms with E-state index in [0.29, 0.717) is 11.8 Å². The van der Waals surface area contributed by atoms with Gasteiger partial charge >= 0.3 is 0 Å². The fraction of sp³-hybridized carbons (Fsp3) is 0.588. The van der Waals surface area contributed by atoms with Gasteiger partial charge in [-0.05, 0) is 38.4 Å². The minimum atomic E-state index is -0.187. The molecule has 1 aromatic carbocycles. The van der Waals surface area contributed by atoms with Crippen LogP contribution < -0.4 is 5.32 Å². The maximum absolute atomic E-state index is 4.22. The summed E-state index contributed by atoms with van der Waals surface area (Å²) in [7, 11) is -0.187. The van der Waals surface area contributed by atoms with Gasteiger partial charge < -0.3 is 4.90 Å². The molecule has 1 aromatic rings. The number of hydrogen-bond donors (Lipinski definition) is 1. The van der Waals surface area contributed by atoms with Crippen LogP contribution in [0.1, 0.15) is 37.8 Å². The van der Waals surface area contributed by atoms with Crippen molar-refractivity contribution < 1.29 is 0 Å². The molecule has 1 N–H and O–H groups in total. The van der Waals surface area contributed by atoms with Crippen molar-refractivity contribution in [2.24, 2.45) is 0 Å². The molecule has 3 unspecified atom stereocenters. The molecule has 2 rings (SSSR count). The van der Waals surface area contributed by atoms with E-state index in [-0.39, 0.29) is 7.55 Å². The van der Waals surface area contributed by atoms with E-state index in [4.69, 9.17) is 0 Å². The Kier molecular flexibility index (Phi) is 6.22. The molecule has 1 fully saturated rings. The number of nitrogens with zero attached hydrogens (tertiary/aromatic N) is 1. The van der Waals surface area contributed by atoms with Crippen molar-refractivity contribution >= 4 is 13.8 Å². The van der Waals surface area contributed by atoms with E-state index in [2.05, 4.69) is 60.4 Å². The van der Waals surface area contributed by atoms with E-state index in [9.17, 15) is 0 Å². The second-order valence-corrected chi connectivity index (χ2v) is 8.21. The Balaban J connectivity index is 2.05. The van der Waals surface area contributed by atoms with Crippen LogP contribution in [0.4, 0.5) is 0 Å². The summed E-state index contributed by atoms with van der Waals surface area (Å²) in [5.41, 5.74) is 1.40. The number of hydrogen-bond acceptors (Lipinski definition) is 2. The molecule has 0 saturated carbocycles. The zero-order chi connectivity index (χ0) is 14.4. The second kappa shape index (κ2) is 7.93. The summed E-state index contributed by atoms with van der Waals surface area (Å²) in [6, 6.07) is 11.3. The van der Waals surface area contributed by atoms with Gasteiger partial charge in [-0.3, -0.25) is 5.32 Å². The highest BCUT2D eigenvalue weighted by atomic mass is 31.1. The average Bonchev–Trinajstić information content (AvgIpc) is 2.48. The normalized spacial score (nSPS) is 20.4. The summed E-state index contributed by atoms with van der Waals surface area (Å²) < 4.78 is 0. The number of benzene rings is 1. The molecule has 1 saturated heterocycles. The van der Waals surface area contributed by atoms with Crippen LogP contribution in [-0.2, 0) is 0 Å². The first-order valence-electron chi connectivity index (χ1n) is 7.73. The zero-order valence-electron chi connectivity index (χ0n) is 12.9. The van der Waals surface area contributed by atoms with Crippen LogP contribution in [0, 0.1) is 0 Å². The molecule has 1 aliphatic heterocycles. The molecule has 3 heteroatoms. The molecule has 0 aromatic heterocycles. The predicted octanol–water partition coefficient (Wildman–Crippen LogP) is 3.69. The third-order valence-electron chi connectivity index (χ3n) is 4.19. The summed E-state index contributed by atoms with van der Waals surface area (Å²) in [6.45, 7) is 8.15. The zero-order valence-corrected chi connectivity index (χ0v) is 13.8. The van der Waals surface area contributed by atoms with E-state index in [0.717, 1.165) is 6.54 Å². The van der Waals surface area contributed by atoms with Crippen LogP contribution in [0.15, 0.2) is 30.3 Å². The van der Waals surface area contributed by atoms with Gasteiger partial charge in [-0.1, -0.05) is 36.8 Å². The Morgan fingerprint density at radius 3 is 2.45 bits per heavy atom. The van der Waals surface area contributed by atoms with Gasteiger partial charge in [0.15, 0.2) is 5.78 Å². The standard InChI is InChI=1S/C17H28N2P/c1-15(20(2)3)18-17(16-10-6-4-7-11-16)14-19-12-8-5-9-13-19/h4,6-7,10-11,15,17-18H,2,5,8-9,12-14H2,1,3H3/q+1. The summed E-state index contributed by atoms with van der Waals surface area (Å²) in [5.74, 6) is 0.500. The molecular formula is C17H28N2P+. The first kappa shape index (κ1) is 15.7. The Morgan fingerprint density at radius 1 is 1.20 bits per heavy atom. The number of piperidine rings is 1. The van der Waals surface area contributed by atoms with Gasteiger partial charge in [0, 0.05) is 12.6 Å². The fourth-order valence-corrected chi connectivity index (χ4v) is 3.19. The first-order chi connectivity index (χ1) is 9.66. The van der Waals surface area contributed by atoms with Crippen LogP contribution in [0.5, 0.6) is 0 Å². The third-order valence-corrected chi connectivity index (χ3v) is 5.67. The molecule has 1 heterocycles. The molecule has 20 heavy (non-hydrogen) atoms. The summed E-state index contributed by atoms with van der Waals surface area (Å²) in [4.78, 5) is 2.61. The molecular weight excluding hydrogens is 263 g/mol. The Bertz CT molecular complexity index is 412. The van der Waals surface area contributed by atoms with Crippen LogP contribution in [0.25, 0.3) is 0 Å². The molecule has 1 aliphatic rings. The summed E-state index contributed by atoms with van der Waals surface area (Å²) >= 11 is 0. The molecule has 3 atom stereocenters. The molecule has 0 aliphatic carbocycles. The summed E-state index contributed by atoms with van der Waals surface area (Å²) in [5, 5.41) is 3.80. The van der Waals surface area contributed by atoms with Gasteiger partial charge in [0.25, 0.3) is 0 Å². The number of rotatable bonds is 6. The van der Waals surface area contributed by atoms with E-state index < -0.39 is 0 Å². The number of likely N-dealkylation sites (tertiary alicyclic amines) is 1. The van der Waals surface area contributed by atoms with Crippen molar-refractivity contribution in [2.75, 3.05) is 26.3 Å². The van der Waals surface area contributed by atoms with Crippen LogP contribution >= 0.6 is 7.55 Å². The summed E-state index contributed by atoms with van der Waals surface area (Å²) in [6.07, 6.45) is 8.33. The largest absolute Gasteiger partial charge is 0.301 e. The van der Waals surface area contributed by atoms with Crippen LogP contribution in [0.2, 0.25) is 0 Å². The second-order valence-electron chi connectivity index (χ2n) is 5.92. The fourth-order valence-electron chi connectivity index (χ4n) is 2.76. The van der Waals surface area contributed by atoms with Gasteiger partial charge in [-0.15, -0.1) is 0 Å². The molecule has 0 bridgehead atoms. The lowest BCUT2D eigenvalue weighted by Crippen LogP contribution is -2.40. The molecule has 110 valence electrons. The van der Waals surface area contributed by atoms with Crippen LogP contribution in [-0.4, -0.2) is 43.3 Å². The smallest absolute Gasteiger partial charge is 0.164 e. The minimum Gasteiger partial charge on any atom is -0.301 e. The van der Waals surface area contributed by atoms with E-state index in [1.807, 2.05) is 0 Å². The third kappa shape index (κ3) is 4.70. The Hall–Kier alpha value is -0.690. The lowest BCUT2D eigenvalue weighted by atomic mass is 10.0. The highest BCUT2D eigenvalue weighted by molar-refractivity contribution is 7.55. The van der Waals surface area contributed by atoms with E-state index in [1.165, 1.54) is 37.9 Å². The van der Waals surface area contributed by atoms with Crippen molar-refractivity contribution in [3.8, 4) is 0 Å². The molecule has 0 spiro atoms. The first-order valence-corrected chi connectivity index (χ1v) is 9.78. The molecule has 0 amide bonds. The van der Waals surface area contributed by atoms with Crippen LogP contribution in [0.3, 0.4) is 0 Å². The topological polar surface area (TPSA) is 15.3 Å². The molecule has 2 nitrogen and oxygen atoms in total. The van der Waals surface area contributed by atoms with Gasteiger partial charge in [0.2, 0.25) is 0 Å². The van der Waals surface area contributed by atoms with Gasteiger partial charge in [0.05, 0.1) is 13.0 Å². The highest BCUT2D eigenvalue weighted by Crippen LogP contribution is 2.24. The van der Waals surface area contributed by atoms with E-state index >= 15 is 0 Å². The highest BCUT2D eigenvalue weighted by Gasteiger charge is 2.22. The minimum absolute atomic E-state index is 0.187. The quantitative estimate of drug-likeness (QED) is 0.804. The van der Waals surface area contributed by atoms with Crippen molar-refractivity contribution in [3.05, 3.63) is 35.9 Å². The SMILES string of the molecule is C=[P+](C)C(C)NC(CN1CCCCC1)c1ccccc1. The number of nitrogens with one attached hydrogen (secondary N) is 1. The maximum atomic E-state index is 4.22. The van der Waals surface area contributed by atoms with Crippen molar-refractivity contribution in [3.63, 3.8) is 0 Å². The average molecular weight is 291 g/mol.